The fourth-order valence-electron chi connectivity index (χ4n) is 3.58. The van der Waals surface area contributed by atoms with E-state index in [1.807, 2.05) is 13.8 Å². The van der Waals surface area contributed by atoms with Gasteiger partial charge in [0.2, 0.25) is 5.91 Å². The third-order valence-electron chi connectivity index (χ3n) is 5.32. The SMILES string of the molecule is Cc1nc(-c2c(C)c(C)nn(C)c2=O)sc1C(=O)NCC(=O)NC1CCCCC1. The van der Waals surface area contributed by atoms with E-state index in [0.717, 1.165) is 48.3 Å². The number of thiazole rings is 1. The Morgan fingerprint density at radius 1 is 1.14 bits per heavy atom. The van der Waals surface area contributed by atoms with E-state index in [-0.39, 0.29) is 30.0 Å². The number of hydrogen-bond donors (Lipinski definition) is 2. The lowest BCUT2D eigenvalue weighted by molar-refractivity contribution is -0.121. The van der Waals surface area contributed by atoms with E-state index in [4.69, 9.17) is 0 Å². The quantitative estimate of drug-likeness (QED) is 0.774. The smallest absolute Gasteiger partial charge is 0.277 e. The van der Waals surface area contributed by atoms with E-state index in [0.29, 0.717) is 21.1 Å². The van der Waals surface area contributed by atoms with Gasteiger partial charge < -0.3 is 10.6 Å². The second-order valence-electron chi connectivity index (χ2n) is 7.53. The van der Waals surface area contributed by atoms with Gasteiger partial charge in [-0.15, -0.1) is 11.3 Å². The van der Waals surface area contributed by atoms with E-state index in [9.17, 15) is 14.4 Å². The number of rotatable bonds is 5. The molecule has 2 amide bonds. The maximum absolute atomic E-state index is 12.6. The van der Waals surface area contributed by atoms with Crippen LogP contribution in [0.2, 0.25) is 0 Å². The van der Waals surface area contributed by atoms with Gasteiger partial charge in [-0.25, -0.2) is 9.67 Å². The first-order valence-corrected chi connectivity index (χ1v) is 10.7. The Labute approximate surface area is 173 Å². The van der Waals surface area contributed by atoms with Crippen molar-refractivity contribution >= 4 is 23.2 Å². The second kappa shape index (κ2) is 8.86. The summed E-state index contributed by atoms with van der Waals surface area (Å²) in [6, 6.07) is 0.207. The largest absolute Gasteiger partial charge is 0.352 e. The molecular formula is C20H27N5O3S. The Hall–Kier alpha value is -2.55. The van der Waals surface area contributed by atoms with E-state index in [1.165, 1.54) is 11.1 Å². The summed E-state index contributed by atoms with van der Waals surface area (Å²) in [7, 11) is 1.59. The molecule has 2 heterocycles. The standard InChI is InChI=1S/C20H27N5O3S/c1-11-12(2)24-25(4)20(28)16(11)19-22-13(3)17(29-19)18(27)21-10-15(26)23-14-8-6-5-7-9-14/h14H,5-10H2,1-4H3,(H,21,27)(H,23,26). The molecule has 0 aliphatic heterocycles. The van der Waals surface area contributed by atoms with Crippen LogP contribution in [-0.2, 0) is 11.8 Å². The van der Waals surface area contributed by atoms with Gasteiger partial charge in [0.25, 0.3) is 11.5 Å². The van der Waals surface area contributed by atoms with Crippen molar-refractivity contribution in [2.45, 2.75) is 58.9 Å². The van der Waals surface area contributed by atoms with Gasteiger partial charge in [-0.2, -0.15) is 5.10 Å². The van der Waals surface area contributed by atoms with E-state index < -0.39 is 0 Å². The highest BCUT2D eigenvalue weighted by molar-refractivity contribution is 7.17. The summed E-state index contributed by atoms with van der Waals surface area (Å²) in [6.07, 6.45) is 5.48. The van der Waals surface area contributed by atoms with Crippen LogP contribution in [-0.4, -0.2) is 39.2 Å². The average Bonchev–Trinajstić information content (AvgIpc) is 3.07. The zero-order valence-corrected chi connectivity index (χ0v) is 18.1. The van der Waals surface area contributed by atoms with E-state index >= 15 is 0 Å². The Kier molecular flexibility index (Phi) is 6.46. The van der Waals surface area contributed by atoms with Crippen molar-refractivity contribution in [2.24, 2.45) is 7.05 Å². The first-order chi connectivity index (χ1) is 13.8. The number of nitrogens with zero attached hydrogens (tertiary/aromatic N) is 3. The van der Waals surface area contributed by atoms with Crippen LogP contribution < -0.4 is 16.2 Å². The minimum Gasteiger partial charge on any atom is -0.352 e. The van der Waals surface area contributed by atoms with Gasteiger partial charge in [0.15, 0.2) is 0 Å². The lowest BCUT2D eigenvalue weighted by atomic mass is 9.95. The van der Waals surface area contributed by atoms with Gasteiger partial charge in [-0.3, -0.25) is 14.4 Å². The molecule has 0 spiro atoms. The van der Waals surface area contributed by atoms with Crippen LogP contribution >= 0.6 is 11.3 Å². The molecule has 9 heteroatoms. The zero-order valence-electron chi connectivity index (χ0n) is 17.3. The monoisotopic (exact) mass is 417 g/mol. The summed E-state index contributed by atoms with van der Waals surface area (Å²) in [4.78, 5) is 42.1. The van der Waals surface area contributed by atoms with Gasteiger partial charge in [0.1, 0.15) is 9.88 Å². The van der Waals surface area contributed by atoms with Crippen molar-refractivity contribution in [1.82, 2.24) is 25.4 Å². The minimum atomic E-state index is -0.356. The number of carbonyl (C=O) groups is 2. The maximum Gasteiger partial charge on any atom is 0.277 e. The van der Waals surface area contributed by atoms with Crippen molar-refractivity contribution < 1.29 is 9.59 Å². The first-order valence-electron chi connectivity index (χ1n) is 9.87. The summed E-state index contributed by atoms with van der Waals surface area (Å²) in [5, 5.41) is 10.3. The normalized spacial score (nSPS) is 14.6. The molecule has 1 aliphatic carbocycles. The van der Waals surface area contributed by atoms with Crippen LogP contribution in [0.4, 0.5) is 0 Å². The Morgan fingerprint density at radius 3 is 2.52 bits per heavy atom. The lowest BCUT2D eigenvalue weighted by Crippen LogP contribution is -2.42. The Bertz CT molecular complexity index is 989. The van der Waals surface area contributed by atoms with Crippen LogP contribution in [0.15, 0.2) is 4.79 Å². The van der Waals surface area contributed by atoms with Gasteiger partial charge >= 0.3 is 0 Å². The number of aryl methyl sites for hydroxylation is 3. The second-order valence-corrected chi connectivity index (χ2v) is 8.53. The molecule has 0 radical (unpaired) electrons. The fraction of sp³-hybridized carbons (Fsp3) is 0.550. The molecular weight excluding hydrogens is 390 g/mol. The average molecular weight is 418 g/mol. The highest BCUT2D eigenvalue weighted by atomic mass is 32.1. The topological polar surface area (TPSA) is 106 Å². The summed E-state index contributed by atoms with van der Waals surface area (Å²) in [5.74, 6) is -0.535. The number of aromatic nitrogens is 3. The summed E-state index contributed by atoms with van der Waals surface area (Å²) in [6.45, 7) is 5.31. The summed E-state index contributed by atoms with van der Waals surface area (Å²) in [5.41, 5.74) is 2.23. The molecule has 29 heavy (non-hydrogen) atoms. The fourth-order valence-corrected chi connectivity index (χ4v) is 4.66. The molecule has 2 N–H and O–H groups in total. The molecule has 2 aromatic heterocycles. The molecule has 156 valence electrons. The Morgan fingerprint density at radius 2 is 1.83 bits per heavy atom. The molecule has 0 saturated heterocycles. The predicted molar refractivity (Wildman–Crippen MR) is 112 cm³/mol. The van der Waals surface area contributed by atoms with Crippen molar-refractivity contribution in [2.75, 3.05) is 6.54 Å². The molecule has 1 saturated carbocycles. The lowest BCUT2D eigenvalue weighted by Gasteiger charge is -2.22. The number of carbonyl (C=O) groups excluding carboxylic acids is 2. The number of hydrogen-bond acceptors (Lipinski definition) is 6. The number of amides is 2. The van der Waals surface area contributed by atoms with Crippen LogP contribution in [0, 0.1) is 20.8 Å². The van der Waals surface area contributed by atoms with Gasteiger partial charge in [0.05, 0.1) is 23.5 Å². The third kappa shape index (κ3) is 4.72. The predicted octanol–water partition coefficient (Wildman–Crippen LogP) is 2.01. The van der Waals surface area contributed by atoms with Gasteiger partial charge in [0, 0.05) is 13.1 Å². The van der Waals surface area contributed by atoms with E-state index in [2.05, 4.69) is 20.7 Å². The molecule has 0 bridgehead atoms. The molecule has 2 aromatic rings. The maximum atomic E-state index is 12.6. The van der Waals surface area contributed by atoms with Crippen molar-refractivity contribution in [3.05, 3.63) is 32.2 Å². The molecule has 8 nitrogen and oxygen atoms in total. The van der Waals surface area contributed by atoms with E-state index in [1.54, 1.807) is 14.0 Å². The summed E-state index contributed by atoms with van der Waals surface area (Å²) < 4.78 is 1.28. The van der Waals surface area contributed by atoms with Crippen molar-refractivity contribution in [3.8, 4) is 10.6 Å². The van der Waals surface area contributed by atoms with Crippen LogP contribution in [0.1, 0.15) is 58.7 Å². The Balaban J connectivity index is 1.71. The highest BCUT2D eigenvalue weighted by Crippen LogP contribution is 2.28. The number of nitrogens with one attached hydrogen (secondary N) is 2. The molecule has 0 unspecified atom stereocenters. The molecule has 3 rings (SSSR count). The van der Waals surface area contributed by atoms with Crippen LogP contribution in [0.3, 0.4) is 0 Å². The molecule has 0 atom stereocenters. The minimum absolute atomic E-state index is 0.0723. The van der Waals surface area contributed by atoms with Gasteiger partial charge in [-0.1, -0.05) is 19.3 Å². The van der Waals surface area contributed by atoms with Gasteiger partial charge in [-0.05, 0) is 39.2 Å². The molecule has 0 aromatic carbocycles. The zero-order chi connectivity index (χ0) is 21.1. The third-order valence-corrected chi connectivity index (χ3v) is 6.50. The van der Waals surface area contributed by atoms with Crippen molar-refractivity contribution in [3.63, 3.8) is 0 Å². The molecule has 1 fully saturated rings. The highest BCUT2D eigenvalue weighted by Gasteiger charge is 2.22. The first kappa shape index (κ1) is 21.2. The van der Waals surface area contributed by atoms with Crippen LogP contribution in [0.25, 0.3) is 10.6 Å². The molecule has 1 aliphatic rings. The van der Waals surface area contributed by atoms with Crippen molar-refractivity contribution in [1.29, 1.82) is 0 Å². The summed E-state index contributed by atoms with van der Waals surface area (Å²) >= 11 is 1.16. The van der Waals surface area contributed by atoms with Crippen LogP contribution in [0.5, 0.6) is 0 Å².